The van der Waals surface area contributed by atoms with Crippen LogP contribution in [0.1, 0.15) is 29.4 Å². The molecule has 0 radical (unpaired) electrons. The van der Waals surface area contributed by atoms with Crippen molar-refractivity contribution >= 4 is 16.8 Å². The van der Waals surface area contributed by atoms with Crippen LogP contribution in [0.5, 0.6) is 0 Å². The molecule has 0 aliphatic rings. The van der Waals surface area contributed by atoms with Gasteiger partial charge in [-0.15, -0.1) is 0 Å². The third-order valence-electron chi connectivity index (χ3n) is 2.68. The van der Waals surface area contributed by atoms with Gasteiger partial charge in [0, 0.05) is 17.6 Å². The number of nitrogens with one attached hydrogen (secondary N) is 1. The molecule has 1 heterocycles. The molecule has 2 aromatic rings. The van der Waals surface area contributed by atoms with Gasteiger partial charge in [-0.3, -0.25) is 9.78 Å². The number of benzene rings is 1. The smallest absolute Gasteiger partial charge is 0.252 e. The van der Waals surface area contributed by atoms with E-state index in [9.17, 15) is 9.18 Å². The number of carbonyl (C=O) groups excluding carboxylic acids is 1. The molecule has 0 fully saturated rings. The molecule has 0 saturated heterocycles. The van der Waals surface area contributed by atoms with Gasteiger partial charge in [0.1, 0.15) is 5.82 Å². The summed E-state index contributed by atoms with van der Waals surface area (Å²) in [7, 11) is 0. The third kappa shape index (κ3) is 2.47. The highest BCUT2D eigenvalue weighted by molar-refractivity contribution is 6.06. The topological polar surface area (TPSA) is 42.0 Å². The van der Waals surface area contributed by atoms with E-state index in [-0.39, 0.29) is 11.7 Å². The molecule has 1 aromatic carbocycles. The molecule has 18 heavy (non-hydrogen) atoms. The van der Waals surface area contributed by atoms with E-state index in [4.69, 9.17) is 0 Å². The van der Waals surface area contributed by atoms with Crippen molar-refractivity contribution < 1.29 is 9.18 Å². The number of nitrogens with zero attached hydrogens (tertiary/aromatic N) is 1. The van der Waals surface area contributed by atoms with Crippen molar-refractivity contribution in [1.29, 1.82) is 0 Å². The largest absolute Gasteiger partial charge is 0.352 e. The first-order chi connectivity index (χ1) is 8.61. The summed E-state index contributed by atoms with van der Waals surface area (Å²) in [6.07, 6.45) is 0.863. The van der Waals surface area contributed by atoms with Crippen molar-refractivity contribution in [2.45, 2.75) is 20.3 Å². The minimum atomic E-state index is -0.363. The minimum Gasteiger partial charge on any atom is -0.352 e. The molecule has 0 atom stereocenters. The average Bonchev–Trinajstić information content (AvgIpc) is 2.35. The predicted molar refractivity (Wildman–Crippen MR) is 69.1 cm³/mol. The summed E-state index contributed by atoms with van der Waals surface area (Å²) in [5, 5.41) is 3.35. The lowest BCUT2D eigenvalue weighted by Gasteiger charge is -2.08. The number of pyridine rings is 1. The zero-order valence-electron chi connectivity index (χ0n) is 10.5. The minimum absolute atomic E-state index is 0.182. The number of aromatic nitrogens is 1. The van der Waals surface area contributed by atoms with Gasteiger partial charge in [-0.25, -0.2) is 4.39 Å². The average molecular weight is 246 g/mol. The molecule has 3 nitrogen and oxygen atoms in total. The summed E-state index contributed by atoms with van der Waals surface area (Å²) in [6, 6.07) is 5.98. The van der Waals surface area contributed by atoms with E-state index in [0.29, 0.717) is 23.0 Å². The molecule has 0 bridgehead atoms. The molecule has 0 unspecified atom stereocenters. The fraction of sp³-hybridized carbons (Fsp3) is 0.286. The van der Waals surface area contributed by atoms with Crippen molar-refractivity contribution in [2.24, 2.45) is 0 Å². The number of rotatable bonds is 3. The lowest BCUT2D eigenvalue weighted by atomic mass is 10.1. The molecule has 0 spiro atoms. The molecular formula is C14H15FN2O. The van der Waals surface area contributed by atoms with Crippen LogP contribution in [0.4, 0.5) is 4.39 Å². The van der Waals surface area contributed by atoms with Crippen LogP contribution in [-0.4, -0.2) is 17.4 Å². The van der Waals surface area contributed by atoms with E-state index < -0.39 is 0 Å². The maximum Gasteiger partial charge on any atom is 0.252 e. The van der Waals surface area contributed by atoms with E-state index in [2.05, 4.69) is 10.3 Å². The molecular weight excluding hydrogens is 231 g/mol. The SMILES string of the molecule is CCCNC(=O)c1cc(C)nc2ccc(F)cc12. The fourth-order valence-electron chi connectivity index (χ4n) is 1.85. The van der Waals surface area contributed by atoms with Crippen molar-refractivity contribution in [2.75, 3.05) is 6.54 Å². The molecule has 1 amide bonds. The Balaban J connectivity index is 2.54. The molecule has 0 saturated carbocycles. The summed E-state index contributed by atoms with van der Waals surface area (Å²) in [5.74, 6) is -0.546. The van der Waals surface area contributed by atoms with E-state index in [1.54, 1.807) is 12.1 Å². The van der Waals surface area contributed by atoms with Crippen LogP contribution >= 0.6 is 0 Å². The van der Waals surface area contributed by atoms with E-state index in [0.717, 1.165) is 12.1 Å². The van der Waals surface area contributed by atoms with Crippen LogP contribution in [0.15, 0.2) is 24.3 Å². The number of hydrogen-bond donors (Lipinski definition) is 1. The Bertz CT molecular complexity index is 596. The third-order valence-corrected chi connectivity index (χ3v) is 2.68. The van der Waals surface area contributed by atoms with Gasteiger partial charge in [-0.2, -0.15) is 0 Å². The number of halogens is 1. The van der Waals surface area contributed by atoms with Gasteiger partial charge in [0.15, 0.2) is 0 Å². The van der Waals surface area contributed by atoms with Crippen LogP contribution in [-0.2, 0) is 0 Å². The van der Waals surface area contributed by atoms with Crippen molar-refractivity contribution in [3.8, 4) is 0 Å². The van der Waals surface area contributed by atoms with Gasteiger partial charge in [0.25, 0.3) is 5.91 Å². The van der Waals surface area contributed by atoms with Crippen LogP contribution in [0.25, 0.3) is 10.9 Å². The molecule has 94 valence electrons. The molecule has 2 rings (SSSR count). The number of aryl methyl sites for hydroxylation is 1. The van der Waals surface area contributed by atoms with Gasteiger partial charge in [-0.05, 0) is 37.6 Å². The lowest BCUT2D eigenvalue weighted by molar-refractivity contribution is 0.0955. The highest BCUT2D eigenvalue weighted by Gasteiger charge is 2.12. The van der Waals surface area contributed by atoms with Gasteiger partial charge in [0.2, 0.25) is 0 Å². The first kappa shape index (κ1) is 12.5. The molecule has 1 N–H and O–H groups in total. The number of amides is 1. The molecule has 0 aliphatic carbocycles. The Morgan fingerprint density at radius 1 is 1.39 bits per heavy atom. The Kier molecular flexibility index (Phi) is 3.55. The molecule has 0 aliphatic heterocycles. The van der Waals surface area contributed by atoms with Gasteiger partial charge in [0.05, 0.1) is 11.1 Å². The number of fused-ring (bicyclic) bond motifs is 1. The second-order valence-corrected chi connectivity index (χ2v) is 4.23. The molecule has 4 heteroatoms. The first-order valence-corrected chi connectivity index (χ1v) is 5.97. The monoisotopic (exact) mass is 246 g/mol. The highest BCUT2D eigenvalue weighted by atomic mass is 19.1. The van der Waals surface area contributed by atoms with Gasteiger partial charge >= 0.3 is 0 Å². The Morgan fingerprint density at radius 3 is 2.89 bits per heavy atom. The summed E-state index contributed by atoms with van der Waals surface area (Å²) >= 11 is 0. The summed E-state index contributed by atoms with van der Waals surface area (Å²) < 4.78 is 13.3. The van der Waals surface area contributed by atoms with Gasteiger partial charge < -0.3 is 5.32 Å². The van der Waals surface area contributed by atoms with Crippen molar-refractivity contribution in [3.05, 3.63) is 41.3 Å². The van der Waals surface area contributed by atoms with Crippen LogP contribution in [0.3, 0.4) is 0 Å². The predicted octanol–water partition coefficient (Wildman–Crippen LogP) is 2.82. The maximum absolute atomic E-state index is 13.3. The fourth-order valence-corrected chi connectivity index (χ4v) is 1.85. The zero-order valence-corrected chi connectivity index (χ0v) is 10.5. The highest BCUT2D eigenvalue weighted by Crippen LogP contribution is 2.19. The van der Waals surface area contributed by atoms with Crippen LogP contribution < -0.4 is 5.32 Å². The van der Waals surface area contributed by atoms with Crippen molar-refractivity contribution in [1.82, 2.24) is 10.3 Å². The van der Waals surface area contributed by atoms with Crippen LogP contribution in [0, 0.1) is 12.7 Å². The summed E-state index contributed by atoms with van der Waals surface area (Å²) in [5.41, 5.74) is 1.86. The van der Waals surface area contributed by atoms with Gasteiger partial charge in [-0.1, -0.05) is 6.92 Å². The second-order valence-electron chi connectivity index (χ2n) is 4.23. The van der Waals surface area contributed by atoms with E-state index in [1.807, 2.05) is 13.8 Å². The van der Waals surface area contributed by atoms with Crippen molar-refractivity contribution in [3.63, 3.8) is 0 Å². The zero-order chi connectivity index (χ0) is 13.1. The normalized spacial score (nSPS) is 10.6. The first-order valence-electron chi connectivity index (χ1n) is 5.97. The standard InChI is InChI=1S/C14H15FN2O/c1-3-6-16-14(18)12-7-9(2)17-13-5-4-10(15)8-11(12)13/h4-5,7-8H,3,6H2,1-2H3,(H,16,18). The van der Waals surface area contributed by atoms with E-state index >= 15 is 0 Å². The second kappa shape index (κ2) is 5.12. The molecule has 1 aromatic heterocycles. The lowest BCUT2D eigenvalue weighted by Crippen LogP contribution is -2.24. The Hall–Kier alpha value is -1.97. The maximum atomic E-state index is 13.3. The van der Waals surface area contributed by atoms with Crippen LogP contribution in [0.2, 0.25) is 0 Å². The quantitative estimate of drug-likeness (QED) is 0.904. The Labute approximate surface area is 105 Å². The summed E-state index contributed by atoms with van der Waals surface area (Å²) in [6.45, 7) is 4.41. The Morgan fingerprint density at radius 2 is 2.17 bits per heavy atom. The number of carbonyl (C=O) groups is 1. The number of hydrogen-bond acceptors (Lipinski definition) is 2. The van der Waals surface area contributed by atoms with E-state index in [1.165, 1.54) is 12.1 Å². The summed E-state index contributed by atoms with van der Waals surface area (Å²) in [4.78, 5) is 16.3.